The van der Waals surface area contributed by atoms with Gasteiger partial charge >= 0.3 is 5.97 Å². The Labute approximate surface area is 197 Å². The van der Waals surface area contributed by atoms with Crippen molar-refractivity contribution in [3.63, 3.8) is 0 Å². The van der Waals surface area contributed by atoms with Crippen molar-refractivity contribution in [2.75, 3.05) is 13.2 Å². The number of halogens is 1. The van der Waals surface area contributed by atoms with Gasteiger partial charge in [0.05, 0.1) is 23.8 Å². The highest BCUT2D eigenvalue weighted by Crippen LogP contribution is 2.41. The van der Waals surface area contributed by atoms with E-state index in [1.54, 1.807) is 25.3 Å². The number of carbonyl (C=O) groups excluding carboxylic acids is 1. The van der Waals surface area contributed by atoms with Crippen molar-refractivity contribution in [3.8, 4) is 5.75 Å². The Morgan fingerprint density at radius 2 is 2.18 bits per heavy atom. The van der Waals surface area contributed by atoms with E-state index in [0.717, 1.165) is 29.5 Å². The van der Waals surface area contributed by atoms with Gasteiger partial charge in [0.2, 0.25) is 5.28 Å². The zero-order chi connectivity index (χ0) is 23.4. The van der Waals surface area contributed by atoms with Crippen molar-refractivity contribution >= 4 is 17.6 Å². The number of unbranched alkanes of at least 4 members (excludes halogenated alkanes) is 1. The first-order valence-corrected chi connectivity index (χ1v) is 11.5. The molecule has 1 fully saturated rings. The molecular weight excluding hydrogens is 448 g/mol. The van der Waals surface area contributed by atoms with Gasteiger partial charge < -0.3 is 19.5 Å². The summed E-state index contributed by atoms with van der Waals surface area (Å²) in [6, 6.07) is 6.67. The van der Waals surface area contributed by atoms with Gasteiger partial charge in [0, 0.05) is 22.3 Å². The largest absolute Gasteiger partial charge is 0.569 e. The van der Waals surface area contributed by atoms with Crippen LogP contribution in [0.15, 0.2) is 35.7 Å². The van der Waals surface area contributed by atoms with Crippen LogP contribution in [0.25, 0.3) is 0 Å². The number of aryl methyl sites for hydroxylation is 1. The molecule has 0 spiro atoms. The lowest BCUT2D eigenvalue weighted by molar-refractivity contribution is -0.712. The van der Waals surface area contributed by atoms with E-state index < -0.39 is 12.0 Å². The highest BCUT2D eigenvalue weighted by Gasteiger charge is 2.40. The summed E-state index contributed by atoms with van der Waals surface area (Å²) in [5, 5.41) is 17.9. The van der Waals surface area contributed by atoms with Crippen molar-refractivity contribution in [3.05, 3.63) is 63.1 Å². The van der Waals surface area contributed by atoms with Crippen LogP contribution in [0.5, 0.6) is 5.75 Å². The van der Waals surface area contributed by atoms with Crippen molar-refractivity contribution in [2.45, 2.75) is 58.3 Å². The minimum absolute atomic E-state index is 0.289. The van der Waals surface area contributed by atoms with Crippen molar-refractivity contribution in [1.82, 2.24) is 9.99 Å². The monoisotopic (exact) mass is 474 g/mol. The smallest absolute Gasteiger partial charge is 0.340 e. The molecule has 2 aromatic rings. The zero-order valence-corrected chi connectivity index (χ0v) is 19.5. The van der Waals surface area contributed by atoms with Crippen molar-refractivity contribution in [2.24, 2.45) is 5.28 Å². The van der Waals surface area contributed by atoms with Crippen LogP contribution in [0.3, 0.4) is 0 Å². The molecule has 2 aliphatic heterocycles. The summed E-state index contributed by atoms with van der Waals surface area (Å²) in [5.41, 5.74) is 3.15. The number of hydrazine groups is 1. The van der Waals surface area contributed by atoms with Gasteiger partial charge in [-0.1, -0.05) is 37.1 Å². The molecule has 0 unspecified atom stereocenters. The molecule has 0 saturated carbocycles. The van der Waals surface area contributed by atoms with Crippen molar-refractivity contribution < 1.29 is 24.1 Å². The van der Waals surface area contributed by atoms with E-state index in [2.05, 4.69) is 10.3 Å². The topological polar surface area (TPSA) is 99.3 Å². The predicted octanol–water partition coefficient (Wildman–Crippen LogP) is 4.64. The second-order valence-electron chi connectivity index (χ2n) is 8.11. The Bertz CT molecular complexity index is 1030. The standard InChI is InChI=1S/C23H27ClN4O5/c1-3-4-12-32-26-28(30)27-11-5-6-20(27)23(29)33-21-15(2)25-13-18-19(21)14-31-22(18)16-7-9-17(24)10-8-16/h7-10,13,20,22H,3-6,11-12,14H2,1-2H3/t20-,22-/m0/s1. The Kier molecular flexibility index (Phi) is 7.29. The minimum atomic E-state index is -0.745. The van der Waals surface area contributed by atoms with Gasteiger partial charge in [0.1, 0.15) is 12.7 Å². The zero-order valence-electron chi connectivity index (χ0n) is 18.7. The van der Waals surface area contributed by atoms with Gasteiger partial charge in [-0.25, -0.2) is 4.79 Å². The quantitative estimate of drug-likeness (QED) is 0.180. The molecule has 33 heavy (non-hydrogen) atoms. The Hall–Kier alpha value is -2.91. The summed E-state index contributed by atoms with van der Waals surface area (Å²) >= 11 is 6.01. The first-order valence-electron chi connectivity index (χ1n) is 11.1. The van der Waals surface area contributed by atoms with Crippen LogP contribution < -0.4 is 4.74 Å². The molecule has 0 aliphatic carbocycles. The molecule has 0 bridgehead atoms. The predicted molar refractivity (Wildman–Crippen MR) is 119 cm³/mol. The molecule has 2 aliphatic rings. The number of pyridine rings is 1. The molecule has 1 aromatic heterocycles. The van der Waals surface area contributed by atoms with Crippen molar-refractivity contribution in [1.29, 1.82) is 0 Å². The minimum Gasteiger partial charge on any atom is -0.569 e. The Balaban J connectivity index is 1.51. The summed E-state index contributed by atoms with van der Waals surface area (Å²) in [7, 11) is 0. The van der Waals surface area contributed by atoms with Gasteiger partial charge in [-0.2, -0.15) is 0 Å². The second-order valence-corrected chi connectivity index (χ2v) is 8.55. The van der Waals surface area contributed by atoms with E-state index in [9.17, 15) is 10.0 Å². The molecule has 3 heterocycles. The summed E-state index contributed by atoms with van der Waals surface area (Å²) < 4.78 is 11.8. The number of hydrogen-bond acceptors (Lipinski definition) is 7. The van der Waals surface area contributed by atoms with E-state index in [0.29, 0.717) is 47.4 Å². The molecule has 0 N–H and O–H groups in total. The first kappa shape index (κ1) is 23.3. The van der Waals surface area contributed by atoms with Crippen LogP contribution in [-0.2, 0) is 21.0 Å². The Morgan fingerprint density at radius 1 is 1.39 bits per heavy atom. The lowest BCUT2D eigenvalue weighted by Crippen LogP contribution is -2.42. The molecule has 9 nitrogen and oxygen atoms in total. The highest BCUT2D eigenvalue weighted by atomic mass is 35.5. The number of fused-ring (bicyclic) bond motifs is 1. The average molecular weight is 475 g/mol. The van der Waals surface area contributed by atoms with Gasteiger partial charge in [0.15, 0.2) is 11.8 Å². The molecule has 1 saturated heterocycles. The lowest BCUT2D eigenvalue weighted by atomic mass is 10.0. The van der Waals surface area contributed by atoms with E-state index in [-0.39, 0.29) is 12.7 Å². The van der Waals surface area contributed by atoms with Gasteiger partial charge in [-0.3, -0.25) is 4.98 Å². The molecule has 1 aromatic carbocycles. The second kappa shape index (κ2) is 10.4. The number of benzene rings is 1. The van der Waals surface area contributed by atoms with Crippen LogP contribution >= 0.6 is 11.6 Å². The maximum atomic E-state index is 13.1. The third kappa shape index (κ3) is 5.04. The molecule has 2 atom stereocenters. The fourth-order valence-corrected chi connectivity index (χ4v) is 4.17. The van der Waals surface area contributed by atoms with Crippen LogP contribution in [0, 0.1) is 12.1 Å². The van der Waals surface area contributed by atoms with Crippen LogP contribution in [0.4, 0.5) is 0 Å². The summed E-state index contributed by atoms with van der Waals surface area (Å²) in [6.45, 7) is 4.84. The summed E-state index contributed by atoms with van der Waals surface area (Å²) in [6.07, 6.45) is 4.34. The first-order chi connectivity index (χ1) is 16.0. The number of carbonyl (C=O) groups is 1. The number of rotatable bonds is 8. The van der Waals surface area contributed by atoms with Crippen LogP contribution in [-0.4, -0.2) is 40.1 Å². The van der Waals surface area contributed by atoms with E-state index in [1.165, 1.54) is 5.01 Å². The molecular formula is C23H27ClN4O5. The summed E-state index contributed by atoms with van der Waals surface area (Å²) in [5.74, 6) is -0.139. The lowest BCUT2D eigenvalue weighted by Gasteiger charge is -2.20. The van der Waals surface area contributed by atoms with E-state index >= 15 is 0 Å². The molecule has 0 radical (unpaired) electrons. The molecule has 0 amide bonds. The Morgan fingerprint density at radius 3 is 2.94 bits per heavy atom. The van der Waals surface area contributed by atoms with E-state index in [4.69, 9.17) is 25.9 Å². The summed E-state index contributed by atoms with van der Waals surface area (Å²) in [4.78, 5) is 22.9. The number of aromatic nitrogens is 1. The average Bonchev–Trinajstić information content (AvgIpc) is 3.47. The van der Waals surface area contributed by atoms with Crippen LogP contribution in [0.1, 0.15) is 61.1 Å². The van der Waals surface area contributed by atoms with Gasteiger partial charge in [-0.15, -0.1) is 5.01 Å². The fraction of sp³-hybridized carbons (Fsp3) is 0.478. The SMILES string of the molecule is CCCCON=[N+]([O-])N1CCC[C@H]1C(=O)Oc1c(C)ncc2c1CO[C@H]2c1ccc(Cl)cc1. The number of ether oxygens (including phenoxy) is 2. The van der Waals surface area contributed by atoms with E-state index in [1.807, 2.05) is 19.1 Å². The number of hydrogen-bond donors (Lipinski definition) is 0. The van der Waals surface area contributed by atoms with Crippen LogP contribution in [0.2, 0.25) is 5.02 Å². The fourth-order valence-electron chi connectivity index (χ4n) is 4.04. The third-order valence-electron chi connectivity index (χ3n) is 5.83. The normalized spacial score (nSPS) is 20.1. The van der Waals surface area contributed by atoms with Gasteiger partial charge in [0.25, 0.3) is 0 Å². The molecule has 10 heteroatoms. The maximum Gasteiger partial charge on any atom is 0.340 e. The highest BCUT2D eigenvalue weighted by molar-refractivity contribution is 6.30. The maximum absolute atomic E-state index is 13.1. The molecule has 4 rings (SSSR count). The third-order valence-corrected chi connectivity index (χ3v) is 6.09. The van der Waals surface area contributed by atoms with Gasteiger partial charge in [-0.05, 0) is 43.9 Å². The number of esters is 1. The number of nitrogens with zero attached hydrogens (tertiary/aromatic N) is 4. The molecule has 176 valence electrons.